The molecule has 68 valence electrons. The highest BCUT2D eigenvalue weighted by Crippen LogP contribution is 1.97. The molecule has 0 radical (unpaired) electrons. The highest BCUT2D eigenvalue weighted by molar-refractivity contribution is 5.90. The highest BCUT2D eigenvalue weighted by Gasteiger charge is 2.14. The molecule has 6 nitrogen and oxygen atoms in total. The number of rotatable bonds is 2. The quantitative estimate of drug-likeness (QED) is 0.575. The van der Waals surface area contributed by atoms with Crippen molar-refractivity contribution in [1.29, 1.82) is 0 Å². The Morgan fingerprint density at radius 2 is 2.54 bits per heavy atom. The second kappa shape index (κ2) is 3.58. The lowest BCUT2D eigenvalue weighted by atomic mass is 10.5. The summed E-state index contributed by atoms with van der Waals surface area (Å²) in [5.41, 5.74) is 5.23. The van der Waals surface area contributed by atoms with Crippen molar-refractivity contribution in [3.05, 3.63) is 5.82 Å². The number of nitrogens with zero attached hydrogens (tertiary/aromatic N) is 3. The standard InChI is InChI=1S/C7H9N5O/c1-3-4-12(2)6(13)5-9-7(8)11-10-5/h1H,4H2,2H3,(H3,8,9,10,11). The summed E-state index contributed by atoms with van der Waals surface area (Å²) >= 11 is 0. The molecule has 1 aromatic rings. The average Bonchev–Trinajstić information content (AvgIpc) is 2.51. The molecular weight excluding hydrogens is 170 g/mol. The number of aromatic amines is 1. The first-order valence-corrected chi connectivity index (χ1v) is 3.52. The van der Waals surface area contributed by atoms with Gasteiger partial charge in [-0.15, -0.1) is 11.5 Å². The van der Waals surface area contributed by atoms with Gasteiger partial charge in [0.2, 0.25) is 11.8 Å². The molecule has 1 rings (SSSR count). The third-order valence-electron chi connectivity index (χ3n) is 1.38. The van der Waals surface area contributed by atoms with E-state index in [1.54, 1.807) is 7.05 Å². The van der Waals surface area contributed by atoms with Gasteiger partial charge in [0.25, 0.3) is 5.91 Å². The van der Waals surface area contributed by atoms with E-state index >= 15 is 0 Å². The smallest absolute Gasteiger partial charge is 0.291 e. The van der Waals surface area contributed by atoms with Crippen molar-refractivity contribution >= 4 is 11.9 Å². The van der Waals surface area contributed by atoms with Crippen LogP contribution in [0.4, 0.5) is 5.95 Å². The third-order valence-corrected chi connectivity index (χ3v) is 1.38. The van der Waals surface area contributed by atoms with Crippen LogP contribution in [0.15, 0.2) is 0 Å². The number of nitrogens with two attached hydrogens (primary N) is 1. The highest BCUT2D eigenvalue weighted by atomic mass is 16.2. The van der Waals surface area contributed by atoms with Crippen LogP contribution in [0.1, 0.15) is 10.6 Å². The molecule has 0 aliphatic rings. The summed E-state index contributed by atoms with van der Waals surface area (Å²) in [5, 5.41) is 5.92. The fraction of sp³-hybridized carbons (Fsp3) is 0.286. The molecule has 6 heteroatoms. The predicted octanol–water partition coefficient (Wildman–Crippen LogP) is -0.908. The maximum atomic E-state index is 11.4. The summed E-state index contributed by atoms with van der Waals surface area (Å²) in [6.07, 6.45) is 5.04. The van der Waals surface area contributed by atoms with Crippen LogP contribution in [0, 0.1) is 12.3 Å². The number of H-pyrrole nitrogens is 1. The average molecular weight is 179 g/mol. The Morgan fingerprint density at radius 3 is 3.00 bits per heavy atom. The molecule has 0 aromatic carbocycles. The number of nitrogens with one attached hydrogen (secondary N) is 1. The normalized spacial score (nSPS) is 9.23. The molecule has 0 bridgehead atoms. The number of aromatic nitrogens is 3. The Hall–Kier alpha value is -2.03. The second-order valence-corrected chi connectivity index (χ2v) is 2.41. The van der Waals surface area contributed by atoms with Crippen molar-refractivity contribution in [2.75, 3.05) is 19.3 Å². The van der Waals surface area contributed by atoms with Gasteiger partial charge in [-0.3, -0.25) is 9.89 Å². The first-order valence-electron chi connectivity index (χ1n) is 3.52. The van der Waals surface area contributed by atoms with Crippen molar-refractivity contribution in [2.24, 2.45) is 0 Å². The summed E-state index contributed by atoms with van der Waals surface area (Å²) in [7, 11) is 1.57. The number of hydrogen-bond donors (Lipinski definition) is 2. The van der Waals surface area contributed by atoms with E-state index in [1.165, 1.54) is 4.90 Å². The summed E-state index contributed by atoms with van der Waals surface area (Å²) in [4.78, 5) is 16.4. The van der Waals surface area contributed by atoms with Gasteiger partial charge in [-0.25, -0.2) is 0 Å². The summed E-state index contributed by atoms with van der Waals surface area (Å²) in [6.45, 7) is 0.222. The number of nitrogen functional groups attached to an aromatic ring is 1. The summed E-state index contributed by atoms with van der Waals surface area (Å²) < 4.78 is 0. The lowest BCUT2D eigenvalue weighted by molar-refractivity contribution is 0.0801. The lowest BCUT2D eigenvalue weighted by Gasteiger charge is -2.10. The number of terminal acetylenes is 1. The van der Waals surface area contributed by atoms with E-state index in [9.17, 15) is 4.79 Å². The zero-order valence-corrected chi connectivity index (χ0v) is 7.11. The first kappa shape index (κ1) is 9.06. The van der Waals surface area contributed by atoms with E-state index in [-0.39, 0.29) is 24.2 Å². The molecule has 13 heavy (non-hydrogen) atoms. The minimum absolute atomic E-state index is 0.0393. The van der Waals surface area contributed by atoms with Crippen LogP contribution in [0.25, 0.3) is 0 Å². The largest absolute Gasteiger partial charge is 0.366 e. The van der Waals surface area contributed by atoms with Gasteiger partial charge in [0, 0.05) is 7.05 Å². The number of anilines is 1. The van der Waals surface area contributed by atoms with E-state index < -0.39 is 0 Å². The Morgan fingerprint density at radius 1 is 1.85 bits per heavy atom. The van der Waals surface area contributed by atoms with Crippen LogP contribution in [-0.4, -0.2) is 39.6 Å². The minimum atomic E-state index is -0.331. The van der Waals surface area contributed by atoms with Gasteiger partial charge in [-0.1, -0.05) is 5.92 Å². The van der Waals surface area contributed by atoms with Crippen molar-refractivity contribution in [2.45, 2.75) is 0 Å². The van der Waals surface area contributed by atoms with E-state index in [0.29, 0.717) is 0 Å². The Bertz CT molecular complexity index is 350. The SMILES string of the molecule is C#CCN(C)C(=O)c1nc(N)n[nH]1. The molecule has 0 fully saturated rings. The van der Waals surface area contributed by atoms with Crippen LogP contribution >= 0.6 is 0 Å². The van der Waals surface area contributed by atoms with Gasteiger partial charge in [-0.05, 0) is 0 Å². The maximum Gasteiger partial charge on any atom is 0.291 e. The van der Waals surface area contributed by atoms with Crippen LogP contribution < -0.4 is 5.73 Å². The zero-order valence-electron chi connectivity index (χ0n) is 7.11. The number of carbonyl (C=O) groups excluding carboxylic acids is 1. The summed E-state index contributed by atoms with van der Waals surface area (Å²) in [5.74, 6) is 2.14. The van der Waals surface area contributed by atoms with Crippen molar-refractivity contribution in [1.82, 2.24) is 20.1 Å². The second-order valence-electron chi connectivity index (χ2n) is 2.41. The molecule has 0 atom stereocenters. The number of amides is 1. The molecule has 0 aliphatic heterocycles. The van der Waals surface area contributed by atoms with Crippen LogP contribution in [0.5, 0.6) is 0 Å². The van der Waals surface area contributed by atoms with Gasteiger partial charge in [0.15, 0.2) is 0 Å². The number of hydrogen-bond acceptors (Lipinski definition) is 4. The molecule has 0 unspecified atom stereocenters. The van der Waals surface area contributed by atoms with Gasteiger partial charge >= 0.3 is 0 Å². The molecule has 1 heterocycles. The van der Waals surface area contributed by atoms with Crippen LogP contribution in [0.2, 0.25) is 0 Å². The monoisotopic (exact) mass is 179 g/mol. The molecule has 0 saturated carbocycles. The fourth-order valence-corrected chi connectivity index (χ4v) is 0.760. The van der Waals surface area contributed by atoms with Crippen molar-refractivity contribution < 1.29 is 4.79 Å². The Kier molecular flexibility index (Phi) is 2.50. The van der Waals surface area contributed by atoms with Gasteiger partial charge in [0.1, 0.15) is 0 Å². The molecule has 1 aromatic heterocycles. The molecule has 0 spiro atoms. The van der Waals surface area contributed by atoms with Gasteiger partial charge in [0.05, 0.1) is 6.54 Å². The Balaban J connectivity index is 2.74. The lowest BCUT2D eigenvalue weighted by Crippen LogP contribution is -2.27. The molecule has 1 amide bonds. The fourth-order valence-electron chi connectivity index (χ4n) is 0.760. The molecular formula is C7H9N5O. The van der Waals surface area contributed by atoms with Gasteiger partial charge in [-0.2, -0.15) is 4.98 Å². The molecule has 0 aliphatic carbocycles. The minimum Gasteiger partial charge on any atom is -0.366 e. The van der Waals surface area contributed by atoms with Crippen molar-refractivity contribution in [3.8, 4) is 12.3 Å². The first-order chi connectivity index (χ1) is 6.15. The van der Waals surface area contributed by atoms with Gasteiger partial charge < -0.3 is 10.6 Å². The zero-order chi connectivity index (χ0) is 9.84. The van der Waals surface area contributed by atoms with Crippen LogP contribution in [-0.2, 0) is 0 Å². The number of carbonyl (C=O) groups is 1. The molecule has 3 N–H and O–H groups in total. The maximum absolute atomic E-state index is 11.4. The van der Waals surface area contributed by atoms with Crippen molar-refractivity contribution in [3.63, 3.8) is 0 Å². The summed E-state index contributed by atoms with van der Waals surface area (Å²) in [6, 6.07) is 0. The topological polar surface area (TPSA) is 87.9 Å². The van der Waals surface area contributed by atoms with Crippen LogP contribution in [0.3, 0.4) is 0 Å². The third kappa shape index (κ3) is 1.96. The van der Waals surface area contributed by atoms with E-state index in [2.05, 4.69) is 21.1 Å². The molecule has 0 saturated heterocycles. The van der Waals surface area contributed by atoms with E-state index in [1.807, 2.05) is 0 Å². The predicted molar refractivity (Wildman–Crippen MR) is 46.6 cm³/mol. The van der Waals surface area contributed by atoms with E-state index in [0.717, 1.165) is 0 Å². The Labute approximate surface area is 75.1 Å². The van der Waals surface area contributed by atoms with E-state index in [4.69, 9.17) is 12.2 Å².